The smallest absolute Gasteiger partial charge is 0.0756 e. The highest BCUT2D eigenvalue weighted by Gasteiger charge is 2.31. The molecule has 3 nitrogen and oxygen atoms in total. The van der Waals surface area contributed by atoms with Crippen molar-refractivity contribution in [2.24, 2.45) is 11.7 Å². The van der Waals surface area contributed by atoms with Gasteiger partial charge in [-0.15, -0.1) is 0 Å². The molecule has 2 aliphatic rings. The van der Waals surface area contributed by atoms with Crippen LogP contribution in [0.4, 0.5) is 0 Å². The molecule has 0 radical (unpaired) electrons. The van der Waals surface area contributed by atoms with Crippen molar-refractivity contribution in [1.82, 2.24) is 4.90 Å². The Balaban J connectivity index is 2.12. The summed E-state index contributed by atoms with van der Waals surface area (Å²) in [6.45, 7) is 7.13. The molecule has 2 atom stereocenters. The first kappa shape index (κ1) is 11.5. The van der Waals surface area contributed by atoms with E-state index in [0.717, 1.165) is 38.2 Å². The summed E-state index contributed by atoms with van der Waals surface area (Å²) >= 11 is 0. The number of hydrogen-bond acceptors (Lipinski definition) is 3. The van der Waals surface area contributed by atoms with Crippen molar-refractivity contribution in [3.63, 3.8) is 0 Å². The van der Waals surface area contributed by atoms with Gasteiger partial charge in [0, 0.05) is 37.0 Å². The summed E-state index contributed by atoms with van der Waals surface area (Å²) < 4.78 is 5.77. The quantitative estimate of drug-likeness (QED) is 0.792. The lowest BCUT2D eigenvalue weighted by molar-refractivity contribution is 0.00511. The molecule has 0 bridgehead atoms. The van der Waals surface area contributed by atoms with Gasteiger partial charge in [0.15, 0.2) is 0 Å². The van der Waals surface area contributed by atoms with Crippen molar-refractivity contribution in [3.8, 4) is 0 Å². The highest BCUT2D eigenvalue weighted by atomic mass is 16.5. The predicted molar refractivity (Wildman–Crippen MR) is 65.7 cm³/mol. The van der Waals surface area contributed by atoms with E-state index in [1.54, 1.807) is 0 Å². The van der Waals surface area contributed by atoms with Gasteiger partial charge in [0.2, 0.25) is 0 Å². The van der Waals surface area contributed by atoms with E-state index < -0.39 is 0 Å². The van der Waals surface area contributed by atoms with Crippen LogP contribution in [-0.2, 0) is 4.74 Å². The molecule has 1 aliphatic heterocycles. The largest absolute Gasteiger partial charge is 0.399 e. The van der Waals surface area contributed by atoms with Crippen molar-refractivity contribution in [3.05, 3.63) is 23.5 Å². The molecule has 0 aromatic carbocycles. The molecule has 90 valence electrons. The molecule has 2 N–H and O–H groups in total. The van der Waals surface area contributed by atoms with Crippen LogP contribution in [0.15, 0.2) is 23.5 Å². The number of likely N-dealkylation sites (N-methyl/N-ethyl adjacent to an activating group) is 1. The second-order valence-corrected chi connectivity index (χ2v) is 4.56. The summed E-state index contributed by atoms with van der Waals surface area (Å²) in [5, 5.41) is 0. The normalized spacial score (nSPS) is 29.5. The first-order chi connectivity index (χ1) is 7.74. The lowest BCUT2D eigenvalue weighted by atomic mass is 9.86. The first-order valence-corrected chi connectivity index (χ1v) is 6.28. The van der Waals surface area contributed by atoms with E-state index in [2.05, 4.69) is 30.9 Å². The number of nitrogens with zero attached hydrogens (tertiary/aromatic N) is 1. The zero-order chi connectivity index (χ0) is 11.5. The maximum Gasteiger partial charge on any atom is 0.0756 e. The monoisotopic (exact) mass is 222 g/mol. The van der Waals surface area contributed by atoms with Crippen LogP contribution in [0, 0.1) is 5.92 Å². The zero-order valence-electron chi connectivity index (χ0n) is 10.3. The van der Waals surface area contributed by atoms with E-state index in [-0.39, 0.29) is 0 Å². The third-order valence-corrected chi connectivity index (χ3v) is 3.49. The van der Waals surface area contributed by atoms with E-state index in [1.807, 2.05) is 0 Å². The number of ether oxygens (including phenoxy) is 1. The minimum Gasteiger partial charge on any atom is -0.399 e. The molecule has 0 amide bonds. The van der Waals surface area contributed by atoms with Crippen LogP contribution in [0.3, 0.4) is 0 Å². The van der Waals surface area contributed by atoms with Crippen LogP contribution in [0.25, 0.3) is 0 Å². The minimum absolute atomic E-state index is 0.389. The van der Waals surface area contributed by atoms with Crippen LogP contribution in [0.2, 0.25) is 0 Å². The molecule has 2 unspecified atom stereocenters. The van der Waals surface area contributed by atoms with Crippen molar-refractivity contribution in [1.29, 1.82) is 0 Å². The molecular formula is C13H22N2O. The molecule has 1 saturated heterocycles. The van der Waals surface area contributed by atoms with Crippen LogP contribution in [0.1, 0.15) is 26.7 Å². The van der Waals surface area contributed by atoms with Crippen LogP contribution < -0.4 is 5.73 Å². The van der Waals surface area contributed by atoms with Crippen molar-refractivity contribution in [2.45, 2.75) is 32.8 Å². The van der Waals surface area contributed by atoms with Gasteiger partial charge in [-0.25, -0.2) is 0 Å². The number of likely N-dealkylation sites (tertiary alicyclic amines) is 1. The van der Waals surface area contributed by atoms with Crippen LogP contribution in [-0.4, -0.2) is 30.7 Å². The van der Waals surface area contributed by atoms with Crippen molar-refractivity contribution >= 4 is 0 Å². The Morgan fingerprint density at radius 3 is 3.00 bits per heavy atom. The van der Waals surface area contributed by atoms with Gasteiger partial charge in [0.05, 0.1) is 6.10 Å². The Hall–Kier alpha value is -0.960. The van der Waals surface area contributed by atoms with Crippen LogP contribution in [0.5, 0.6) is 0 Å². The number of allylic oxidation sites excluding steroid dienone is 3. The second-order valence-electron chi connectivity index (χ2n) is 4.56. The highest BCUT2D eigenvalue weighted by Crippen LogP contribution is 2.34. The fourth-order valence-corrected chi connectivity index (χ4v) is 2.72. The second kappa shape index (κ2) is 4.91. The summed E-state index contributed by atoms with van der Waals surface area (Å²) in [5.74, 6) is 0.609. The molecule has 1 aliphatic carbocycles. The molecule has 2 rings (SSSR count). The number of hydrogen-bond donors (Lipinski definition) is 1. The van der Waals surface area contributed by atoms with E-state index in [1.165, 1.54) is 5.70 Å². The Kier molecular flexibility index (Phi) is 3.54. The molecular weight excluding hydrogens is 200 g/mol. The third-order valence-electron chi connectivity index (χ3n) is 3.49. The van der Waals surface area contributed by atoms with Gasteiger partial charge in [0.1, 0.15) is 0 Å². The lowest BCUT2D eigenvalue weighted by Gasteiger charge is -2.41. The van der Waals surface area contributed by atoms with Gasteiger partial charge in [0.25, 0.3) is 0 Å². The van der Waals surface area contributed by atoms with Gasteiger partial charge in [-0.2, -0.15) is 0 Å². The van der Waals surface area contributed by atoms with Crippen molar-refractivity contribution in [2.75, 3.05) is 19.7 Å². The van der Waals surface area contributed by atoms with E-state index in [4.69, 9.17) is 10.5 Å². The topological polar surface area (TPSA) is 38.5 Å². The van der Waals surface area contributed by atoms with Crippen molar-refractivity contribution < 1.29 is 4.74 Å². The zero-order valence-corrected chi connectivity index (χ0v) is 10.3. The molecule has 1 heterocycles. The molecule has 0 aromatic rings. The summed E-state index contributed by atoms with van der Waals surface area (Å²) in [5.41, 5.74) is 8.21. The standard InChI is InChI=1S/C13H22N2O/c1-3-15-9-12(16-4-2)7-10-5-6-11(14)8-13(10)15/h6,8,10,12H,3-5,7,9,14H2,1-2H3. The summed E-state index contributed by atoms with van der Waals surface area (Å²) in [4.78, 5) is 2.41. The maximum atomic E-state index is 5.88. The molecule has 0 saturated carbocycles. The number of piperidine rings is 1. The lowest BCUT2D eigenvalue weighted by Crippen LogP contribution is -2.43. The predicted octanol–water partition coefficient (Wildman–Crippen LogP) is 1.86. The first-order valence-electron chi connectivity index (χ1n) is 6.28. The maximum absolute atomic E-state index is 5.88. The molecule has 3 heteroatoms. The summed E-state index contributed by atoms with van der Waals surface area (Å²) in [6, 6.07) is 0. The van der Waals surface area contributed by atoms with E-state index >= 15 is 0 Å². The minimum atomic E-state index is 0.389. The number of nitrogens with two attached hydrogens (primary N) is 1. The highest BCUT2D eigenvalue weighted by molar-refractivity contribution is 5.28. The molecule has 0 spiro atoms. The molecule has 0 aromatic heterocycles. The SMILES string of the molecule is CCOC1CC2CC=C(N)C=C2N(CC)C1. The van der Waals surface area contributed by atoms with E-state index in [0.29, 0.717) is 12.0 Å². The molecule has 16 heavy (non-hydrogen) atoms. The fourth-order valence-electron chi connectivity index (χ4n) is 2.72. The summed E-state index contributed by atoms with van der Waals surface area (Å²) in [6.07, 6.45) is 6.87. The Morgan fingerprint density at radius 2 is 2.31 bits per heavy atom. The average Bonchev–Trinajstić information content (AvgIpc) is 2.29. The van der Waals surface area contributed by atoms with E-state index in [9.17, 15) is 0 Å². The van der Waals surface area contributed by atoms with Gasteiger partial charge in [-0.3, -0.25) is 0 Å². The average molecular weight is 222 g/mol. The molecule has 1 fully saturated rings. The number of rotatable bonds is 3. The Bertz CT molecular complexity index is 309. The van der Waals surface area contributed by atoms with Crippen LogP contribution >= 0.6 is 0 Å². The fraction of sp³-hybridized carbons (Fsp3) is 0.692. The van der Waals surface area contributed by atoms with Gasteiger partial charge >= 0.3 is 0 Å². The van der Waals surface area contributed by atoms with Gasteiger partial charge in [-0.1, -0.05) is 6.08 Å². The van der Waals surface area contributed by atoms with Gasteiger partial charge in [-0.05, 0) is 32.8 Å². The third kappa shape index (κ3) is 2.24. The number of fused-ring (bicyclic) bond motifs is 1. The van der Waals surface area contributed by atoms with Gasteiger partial charge < -0.3 is 15.4 Å². The Morgan fingerprint density at radius 1 is 1.50 bits per heavy atom. The Labute approximate surface area is 97.9 Å². The summed E-state index contributed by atoms with van der Waals surface area (Å²) in [7, 11) is 0.